The van der Waals surface area contributed by atoms with Gasteiger partial charge in [0.05, 0.1) is 36.8 Å². The van der Waals surface area contributed by atoms with Crippen LogP contribution in [0.3, 0.4) is 0 Å². The number of rotatable bonds is 8. The molecule has 2 fully saturated rings. The number of benzene rings is 2. The van der Waals surface area contributed by atoms with Gasteiger partial charge in [-0.3, -0.25) is 14.5 Å². The Morgan fingerprint density at radius 1 is 1.03 bits per heavy atom. The summed E-state index contributed by atoms with van der Waals surface area (Å²) in [5.74, 6) is -1.16. The number of hydrogen-bond acceptors (Lipinski definition) is 5. The number of ether oxygens (including phenoxy) is 1. The molecule has 1 aliphatic carbocycles. The number of carbonyl (C=O) groups is 2. The molecule has 2 aliphatic heterocycles. The first kappa shape index (κ1) is 24.5. The molecule has 5 rings (SSSR count). The number of anilines is 1. The van der Waals surface area contributed by atoms with E-state index in [1.54, 1.807) is 18.2 Å². The average Bonchev–Trinajstić information content (AvgIpc) is 3.42. The molecule has 0 radical (unpaired) electrons. The lowest BCUT2D eigenvalue weighted by atomic mass is 9.69. The number of allylic oxidation sites excluding steroid dienone is 1. The van der Waals surface area contributed by atoms with Crippen molar-refractivity contribution in [3.63, 3.8) is 0 Å². The van der Waals surface area contributed by atoms with E-state index in [0.717, 1.165) is 42.4 Å². The van der Waals surface area contributed by atoms with Gasteiger partial charge < -0.3 is 14.9 Å². The van der Waals surface area contributed by atoms with Crippen molar-refractivity contribution in [3.05, 3.63) is 76.9 Å². The van der Waals surface area contributed by atoms with E-state index in [9.17, 15) is 19.8 Å². The monoisotopic (exact) mass is 487 g/mol. The van der Waals surface area contributed by atoms with E-state index in [1.165, 1.54) is 10.5 Å². The molecule has 2 heterocycles. The number of para-hydroxylation sites is 2. The Kier molecular flexibility index (Phi) is 7.08. The lowest BCUT2D eigenvalue weighted by molar-refractivity contribution is -0.122. The third-order valence-corrected chi connectivity index (χ3v) is 7.81. The first-order chi connectivity index (χ1) is 17.5. The maximum Gasteiger partial charge on any atom is 0.238 e. The highest BCUT2D eigenvalue weighted by molar-refractivity contribution is 6.22. The molecule has 4 atom stereocenters. The van der Waals surface area contributed by atoms with Gasteiger partial charge in [-0.05, 0) is 55.0 Å². The van der Waals surface area contributed by atoms with Crippen LogP contribution in [0.5, 0.6) is 5.75 Å². The van der Waals surface area contributed by atoms with E-state index >= 15 is 0 Å². The fourth-order valence-corrected chi connectivity index (χ4v) is 6.19. The smallest absolute Gasteiger partial charge is 0.238 e. The number of amides is 2. The van der Waals surface area contributed by atoms with Crippen molar-refractivity contribution in [1.29, 1.82) is 0 Å². The molecule has 0 saturated carbocycles. The Morgan fingerprint density at radius 2 is 1.78 bits per heavy atom. The standard InChI is InChI=1S/C30H33NO5/c1-2-8-19(15-20-9-6-7-12-25(20)33)13-14-26-27-21(17-32)16-23-28(24(27)18-36-26)30(35)31(29(23)34)22-10-4-3-5-11-22/h3-7,9-12,15,23-24,26,28,32-33H,2,8,13-14,16-18H2,1H3/b19-15+/t23-,24+,26-,28-/m1/s1. The molecule has 0 unspecified atom stereocenters. The minimum Gasteiger partial charge on any atom is -0.507 e. The van der Waals surface area contributed by atoms with Gasteiger partial charge in [0.15, 0.2) is 0 Å². The van der Waals surface area contributed by atoms with E-state index in [2.05, 4.69) is 13.0 Å². The van der Waals surface area contributed by atoms with Crippen LogP contribution in [0.25, 0.3) is 6.08 Å². The quantitative estimate of drug-likeness (QED) is 0.410. The summed E-state index contributed by atoms with van der Waals surface area (Å²) in [7, 11) is 0. The fraction of sp³-hybridized carbons (Fsp3) is 0.400. The van der Waals surface area contributed by atoms with Crippen LogP contribution in [0.1, 0.15) is 44.6 Å². The molecule has 2 saturated heterocycles. The van der Waals surface area contributed by atoms with Gasteiger partial charge in [-0.1, -0.05) is 61.4 Å². The lowest BCUT2D eigenvalue weighted by Gasteiger charge is -2.31. The summed E-state index contributed by atoms with van der Waals surface area (Å²) in [5.41, 5.74) is 4.50. The maximum absolute atomic E-state index is 13.5. The van der Waals surface area contributed by atoms with Crippen molar-refractivity contribution < 1.29 is 24.5 Å². The molecule has 6 nitrogen and oxygen atoms in total. The Bertz CT molecular complexity index is 1200. The third-order valence-electron chi connectivity index (χ3n) is 7.81. The molecule has 0 bridgehead atoms. The van der Waals surface area contributed by atoms with Gasteiger partial charge in [0.1, 0.15) is 5.75 Å². The second-order valence-electron chi connectivity index (χ2n) is 9.98. The van der Waals surface area contributed by atoms with Crippen LogP contribution in [-0.4, -0.2) is 41.3 Å². The van der Waals surface area contributed by atoms with Crippen LogP contribution in [-0.2, 0) is 14.3 Å². The van der Waals surface area contributed by atoms with Crippen molar-refractivity contribution in [2.75, 3.05) is 18.1 Å². The number of phenols is 1. The summed E-state index contributed by atoms with van der Waals surface area (Å²) in [4.78, 5) is 28.1. The van der Waals surface area contributed by atoms with Crippen molar-refractivity contribution >= 4 is 23.6 Å². The minimum absolute atomic E-state index is 0.128. The van der Waals surface area contributed by atoms with Crippen LogP contribution in [0, 0.1) is 17.8 Å². The first-order valence-corrected chi connectivity index (χ1v) is 12.9. The number of hydrogen-bond donors (Lipinski definition) is 2. The zero-order valence-electron chi connectivity index (χ0n) is 20.6. The van der Waals surface area contributed by atoms with Gasteiger partial charge >= 0.3 is 0 Å². The van der Waals surface area contributed by atoms with Gasteiger partial charge in [0.2, 0.25) is 11.8 Å². The van der Waals surface area contributed by atoms with Crippen LogP contribution in [0.15, 0.2) is 71.3 Å². The summed E-state index contributed by atoms with van der Waals surface area (Å²) >= 11 is 0. The van der Waals surface area contributed by atoms with Crippen LogP contribution >= 0.6 is 0 Å². The van der Waals surface area contributed by atoms with Gasteiger partial charge in [0, 0.05) is 11.5 Å². The second kappa shape index (κ2) is 10.4. The Balaban J connectivity index is 1.37. The average molecular weight is 488 g/mol. The molecule has 36 heavy (non-hydrogen) atoms. The van der Waals surface area contributed by atoms with Crippen molar-refractivity contribution in [2.45, 2.75) is 45.1 Å². The Hall–Kier alpha value is -3.22. The number of aliphatic hydroxyl groups is 1. The molecule has 188 valence electrons. The zero-order chi connectivity index (χ0) is 25.2. The van der Waals surface area contributed by atoms with Gasteiger partial charge in [-0.25, -0.2) is 0 Å². The highest BCUT2D eigenvalue weighted by Gasteiger charge is 2.57. The predicted octanol–water partition coefficient (Wildman–Crippen LogP) is 4.87. The van der Waals surface area contributed by atoms with Crippen molar-refractivity contribution in [2.24, 2.45) is 17.8 Å². The van der Waals surface area contributed by atoms with E-state index in [4.69, 9.17) is 4.74 Å². The molecule has 3 aliphatic rings. The number of aliphatic hydroxyl groups excluding tert-OH is 1. The molecule has 6 heteroatoms. The Morgan fingerprint density at radius 3 is 2.50 bits per heavy atom. The number of fused-ring (bicyclic) bond motifs is 3. The summed E-state index contributed by atoms with van der Waals surface area (Å²) in [6, 6.07) is 16.4. The summed E-state index contributed by atoms with van der Waals surface area (Å²) in [6.07, 6.45) is 5.71. The topological polar surface area (TPSA) is 87.1 Å². The SMILES string of the molecule is CCC/C(=C\c1ccccc1O)CC[C@H]1OC[C@H]2C1=C(CO)C[C@H]1C(=O)N(c3ccccc3)C(=O)[C@H]12. The third kappa shape index (κ3) is 4.40. The Labute approximate surface area is 211 Å². The second-order valence-corrected chi connectivity index (χ2v) is 9.98. The molecule has 2 aromatic carbocycles. The molecule has 0 spiro atoms. The van der Waals surface area contributed by atoms with E-state index in [1.807, 2.05) is 36.4 Å². The van der Waals surface area contributed by atoms with E-state index < -0.39 is 11.8 Å². The zero-order valence-corrected chi connectivity index (χ0v) is 20.6. The highest BCUT2D eigenvalue weighted by Crippen LogP contribution is 2.50. The normalized spacial score (nSPS) is 25.9. The number of carbonyl (C=O) groups excluding carboxylic acids is 2. The van der Waals surface area contributed by atoms with Crippen molar-refractivity contribution in [1.82, 2.24) is 0 Å². The maximum atomic E-state index is 13.5. The summed E-state index contributed by atoms with van der Waals surface area (Å²) < 4.78 is 6.24. The number of nitrogens with zero attached hydrogens (tertiary/aromatic N) is 1. The molecule has 2 N–H and O–H groups in total. The molecule has 2 amide bonds. The summed E-state index contributed by atoms with van der Waals surface area (Å²) in [5, 5.41) is 20.4. The van der Waals surface area contributed by atoms with Crippen LogP contribution < -0.4 is 4.90 Å². The van der Waals surface area contributed by atoms with Gasteiger partial charge in [-0.2, -0.15) is 0 Å². The molecule has 0 aromatic heterocycles. The number of aromatic hydroxyl groups is 1. The lowest BCUT2D eigenvalue weighted by Crippen LogP contribution is -2.35. The fourth-order valence-electron chi connectivity index (χ4n) is 6.19. The van der Waals surface area contributed by atoms with Crippen molar-refractivity contribution in [3.8, 4) is 5.75 Å². The van der Waals surface area contributed by atoms with Gasteiger partial charge in [-0.15, -0.1) is 0 Å². The minimum atomic E-state index is -0.451. The number of phenolic OH excluding ortho intramolecular Hbond substituents is 1. The first-order valence-electron chi connectivity index (χ1n) is 12.9. The van der Waals surface area contributed by atoms with E-state index in [-0.39, 0.29) is 36.2 Å². The van der Waals surface area contributed by atoms with Crippen LogP contribution in [0.2, 0.25) is 0 Å². The molecule has 2 aromatic rings. The molecular formula is C30H33NO5. The largest absolute Gasteiger partial charge is 0.507 e. The summed E-state index contributed by atoms with van der Waals surface area (Å²) in [6.45, 7) is 2.39. The van der Waals surface area contributed by atoms with Gasteiger partial charge in [0.25, 0.3) is 0 Å². The van der Waals surface area contributed by atoms with Crippen LogP contribution in [0.4, 0.5) is 5.69 Å². The molecular weight excluding hydrogens is 454 g/mol. The van der Waals surface area contributed by atoms with E-state index in [0.29, 0.717) is 18.7 Å². The number of imide groups is 1. The highest BCUT2D eigenvalue weighted by atomic mass is 16.5. The predicted molar refractivity (Wildman–Crippen MR) is 138 cm³/mol.